The maximum absolute atomic E-state index is 11.3. The van der Waals surface area contributed by atoms with Crippen LogP contribution >= 0.6 is 0 Å². The van der Waals surface area contributed by atoms with Crippen molar-refractivity contribution in [1.82, 2.24) is 4.90 Å². The van der Waals surface area contributed by atoms with Crippen molar-refractivity contribution in [3.8, 4) is 0 Å². The molecule has 23 heavy (non-hydrogen) atoms. The van der Waals surface area contributed by atoms with Crippen molar-refractivity contribution >= 4 is 10.0 Å². The van der Waals surface area contributed by atoms with Gasteiger partial charge in [-0.2, -0.15) is 0 Å². The Bertz CT molecular complexity index is 730. The Hall–Kier alpha value is -1.73. The first-order chi connectivity index (χ1) is 10.8. The van der Waals surface area contributed by atoms with Crippen LogP contribution < -0.4 is 5.14 Å². The molecular weight excluding hydrogens is 312 g/mol. The van der Waals surface area contributed by atoms with Gasteiger partial charge in [-0.25, -0.2) is 13.6 Å². The van der Waals surface area contributed by atoms with Crippen LogP contribution in [0.1, 0.15) is 30.2 Å². The number of aliphatic hydroxyl groups is 1. The first-order valence-electron chi connectivity index (χ1n) is 7.35. The van der Waals surface area contributed by atoms with Crippen molar-refractivity contribution in [2.75, 3.05) is 13.6 Å². The number of hydrogen-bond donors (Lipinski definition) is 2. The molecular formula is C17H22N2O3S. The van der Waals surface area contributed by atoms with Gasteiger partial charge in [0, 0.05) is 12.6 Å². The van der Waals surface area contributed by atoms with E-state index in [1.807, 2.05) is 49.2 Å². The van der Waals surface area contributed by atoms with Gasteiger partial charge in [-0.15, -0.1) is 0 Å². The molecule has 0 aromatic heterocycles. The summed E-state index contributed by atoms with van der Waals surface area (Å²) in [6.45, 7) is 2.48. The minimum Gasteiger partial charge on any atom is -0.387 e. The number of aliphatic hydroxyl groups excluding tert-OH is 1. The van der Waals surface area contributed by atoms with E-state index in [2.05, 4.69) is 0 Å². The summed E-state index contributed by atoms with van der Waals surface area (Å²) < 4.78 is 22.6. The highest BCUT2D eigenvalue weighted by Gasteiger charge is 2.17. The number of likely N-dealkylation sites (N-methyl/N-ethyl adjacent to an activating group) is 1. The van der Waals surface area contributed by atoms with E-state index < -0.39 is 16.1 Å². The molecule has 0 spiro atoms. The van der Waals surface area contributed by atoms with Gasteiger partial charge in [-0.3, -0.25) is 4.90 Å². The molecule has 124 valence electrons. The topological polar surface area (TPSA) is 83.6 Å². The Morgan fingerprint density at radius 2 is 1.61 bits per heavy atom. The zero-order valence-corrected chi connectivity index (χ0v) is 14.1. The molecule has 0 fully saturated rings. The van der Waals surface area contributed by atoms with E-state index in [0.717, 1.165) is 11.1 Å². The Morgan fingerprint density at radius 1 is 1.04 bits per heavy atom. The lowest BCUT2D eigenvalue weighted by Crippen LogP contribution is -2.27. The number of benzene rings is 2. The molecule has 3 N–H and O–H groups in total. The molecule has 6 heteroatoms. The summed E-state index contributed by atoms with van der Waals surface area (Å²) in [6, 6.07) is 16.0. The van der Waals surface area contributed by atoms with E-state index in [9.17, 15) is 13.5 Å². The zero-order chi connectivity index (χ0) is 17.0. The van der Waals surface area contributed by atoms with Crippen molar-refractivity contribution in [1.29, 1.82) is 0 Å². The molecule has 2 rings (SSSR count). The number of primary sulfonamides is 1. The maximum atomic E-state index is 11.3. The summed E-state index contributed by atoms with van der Waals surface area (Å²) >= 11 is 0. The van der Waals surface area contributed by atoms with Crippen LogP contribution in [0.5, 0.6) is 0 Å². The number of rotatable bonds is 6. The third kappa shape index (κ3) is 4.62. The van der Waals surface area contributed by atoms with Gasteiger partial charge in [0.25, 0.3) is 0 Å². The van der Waals surface area contributed by atoms with Crippen LogP contribution in [0.3, 0.4) is 0 Å². The number of sulfonamides is 1. The van der Waals surface area contributed by atoms with Crippen molar-refractivity contribution in [3.63, 3.8) is 0 Å². The Balaban J connectivity index is 2.06. The van der Waals surface area contributed by atoms with Crippen LogP contribution in [0, 0.1) is 0 Å². The van der Waals surface area contributed by atoms with Crippen molar-refractivity contribution in [2.45, 2.75) is 24.0 Å². The Morgan fingerprint density at radius 3 is 2.13 bits per heavy atom. The molecule has 0 aliphatic rings. The van der Waals surface area contributed by atoms with Crippen molar-refractivity contribution < 1.29 is 13.5 Å². The summed E-state index contributed by atoms with van der Waals surface area (Å²) in [5.74, 6) is 0. The molecule has 0 heterocycles. The highest BCUT2D eigenvalue weighted by molar-refractivity contribution is 7.89. The van der Waals surface area contributed by atoms with Crippen LogP contribution in [-0.4, -0.2) is 32.0 Å². The molecule has 2 unspecified atom stereocenters. The zero-order valence-electron chi connectivity index (χ0n) is 13.3. The fourth-order valence-corrected chi connectivity index (χ4v) is 2.92. The Labute approximate surface area is 137 Å². The smallest absolute Gasteiger partial charge is 0.238 e. The fourth-order valence-electron chi connectivity index (χ4n) is 2.40. The third-order valence-corrected chi connectivity index (χ3v) is 4.93. The molecule has 5 nitrogen and oxygen atoms in total. The van der Waals surface area contributed by atoms with Crippen LogP contribution in [0.2, 0.25) is 0 Å². The van der Waals surface area contributed by atoms with Gasteiger partial charge in [0.15, 0.2) is 0 Å². The van der Waals surface area contributed by atoms with Crippen LogP contribution in [0.25, 0.3) is 0 Å². The number of nitrogens with two attached hydrogens (primary N) is 1. The van der Waals surface area contributed by atoms with Gasteiger partial charge in [0.1, 0.15) is 0 Å². The SMILES string of the molecule is CC(c1ccc(S(N)(=O)=O)cc1)N(C)CC(O)c1ccccc1. The quantitative estimate of drug-likeness (QED) is 0.847. The van der Waals surface area contributed by atoms with E-state index in [1.54, 1.807) is 12.1 Å². The van der Waals surface area contributed by atoms with Crippen LogP contribution in [-0.2, 0) is 10.0 Å². The fraction of sp³-hybridized carbons (Fsp3) is 0.294. The molecule has 0 amide bonds. The summed E-state index contributed by atoms with van der Waals surface area (Å²) in [5.41, 5.74) is 1.83. The van der Waals surface area contributed by atoms with Gasteiger partial charge in [-0.1, -0.05) is 42.5 Å². The van der Waals surface area contributed by atoms with Gasteiger partial charge >= 0.3 is 0 Å². The van der Waals surface area contributed by atoms with E-state index in [1.165, 1.54) is 12.1 Å². The molecule has 0 radical (unpaired) electrons. The number of nitrogens with zero attached hydrogens (tertiary/aromatic N) is 1. The van der Waals surface area contributed by atoms with E-state index in [4.69, 9.17) is 5.14 Å². The Kier molecular flexibility index (Phi) is 5.54. The van der Waals surface area contributed by atoms with Crippen LogP contribution in [0.15, 0.2) is 59.5 Å². The lowest BCUT2D eigenvalue weighted by molar-refractivity contribution is 0.108. The van der Waals surface area contributed by atoms with Gasteiger partial charge in [0.2, 0.25) is 10.0 Å². The standard InChI is InChI=1S/C17H22N2O3S/c1-13(14-8-10-16(11-9-14)23(18,21)22)19(2)12-17(20)15-6-4-3-5-7-15/h3-11,13,17,20H,12H2,1-2H3,(H2,18,21,22). The van der Waals surface area contributed by atoms with E-state index in [-0.39, 0.29) is 10.9 Å². The predicted octanol–water partition coefficient (Wildman–Crippen LogP) is 2.06. The average molecular weight is 334 g/mol. The summed E-state index contributed by atoms with van der Waals surface area (Å²) in [4.78, 5) is 2.12. The predicted molar refractivity (Wildman–Crippen MR) is 90.3 cm³/mol. The minimum absolute atomic E-state index is 0.0305. The molecule has 0 aliphatic carbocycles. The van der Waals surface area contributed by atoms with E-state index in [0.29, 0.717) is 6.54 Å². The lowest BCUT2D eigenvalue weighted by atomic mass is 10.1. The van der Waals surface area contributed by atoms with Crippen molar-refractivity contribution in [2.24, 2.45) is 5.14 Å². The molecule has 0 saturated carbocycles. The molecule has 0 aliphatic heterocycles. The average Bonchev–Trinajstić information content (AvgIpc) is 2.54. The number of hydrogen-bond acceptors (Lipinski definition) is 4. The lowest BCUT2D eigenvalue weighted by Gasteiger charge is -2.27. The second kappa shape index (κ2) is 7.23. The summed E-state index contributed by atoms with van der Waals surface area (Å²) in [6.07, 6.45) is -0.577. The highest BCUT2D eigenvalue weighted by atomic mass is 32.2. The first-order valence-corrected chi connectivity index (χ1v) is 8.89. The normalized spacial score (nSPS) is 14.7. The summed E-state index contributed by atoms with van der Waals surface area (Å²) in [7, 11) is -1.75. The minimum atomic E-state index is -3.67. The van der Waals surface area contributed by atoms with Crippen molar-refractivity contribution in [3.05, 3.63) is 65.7 Å². The first kappa shape index (κ1) is 17.6. The second-order valence-corrected chi connectivity index (χ2v) is 7.22. The van der Waals surface area contributed by atoms with Gasteiger partial charge < -0.3 is 5.11 Å². The van der Waals surface area contributed by atoms with E-state index >= 15 is 0 Å². The molecule has 2 aromatic rings. The maximum Gasteiger partial charge on any atom is 0.238 e. The molecule has 2 aromatic carbocycles. The van der Waals surface area contributed by atoms with Gasteiger partial charge in [-0.05, 0) is 37.2 Å². The summed E-state index contributed by atoms with van der Waals surface area (Å²) in [5, 5.41) is 15.4. The monoisotopic (exact) mass is 334 g/mol. The second-order valence-electron chi connectivity index (χ2n) is 5.66. The van der Waals surface area contributed by atoms with Gasteiger partial charge in [0.05, 0.1) is 11.0 Å². The third-order valence-electron chi connectivity index (χ3n) is 4.00. The molecule has 0 saturated heterocycles. The van der Waals surface area contributed by atoms with Crippen LogP contribution in [0.4, 0.5) is 0 Å². The molecule has 0 bridgehead atoms. The largest absolute Gasteiger partial charge is 0.387 e. The molecule has 2 atom stereocenters. The highest BCUT2D eigenvalue weighted by Crippen LogP contribution is 2.23.